The van der Waals surface area contributed by atoms with Crippen molar-refractivity contribution in [2.45, 2.75) is 13.0 Å². The molecule has 1 aliphatic rings. The van der Waals surface area contributed by atoms with Gasteiger partial charge in [-0.05, 0) is 48.4 Å². The molecule has 0 aliphatic carbocycles. The normalized spacial score (nSPS) is 14.2. The van der Waals surface area contributed by atoms with Crippen molar-refractivity contribution >= 4 is 17.4 Å². The van der Waals surface area contributed by atoms with E-state index in [1.807, 2.05) is 48.5 Å². The van der Waals surface area contributed by atoms with Crippen molar-refractivity contribution in [1.82, 2.24) is 5.32 Å². The molecule has 0 amide bonds. The van der Waals surface area contributed by atoms with Crippen LogP contribution in [0.5, 0.6) is 5.75 Å². The molecule has 0 spiro atoms. The van der Waals surface area contributed by atoms with Crippen LogP contribution in [-0.4, -0.2) is 18.9 Å². The number of rotatable bonds is 4. The van der Waals surface area contributed by atoms with E-state index >= 15 is 0 Å². The fraction of sp³-hybridized carbons (Fsp3) is 0.235. The summed E-state index contributed by atoms with van der Waals surface area (Å²) in [7, 11) is 0. The third-order valence-corrected chi connectivity index (χ3v) is 3.55. The van der Waals surface area contributed by atoms with Crippen molar-refractivity contribution < 1.29 is 4.74 Å². The Kier molecular flexibility index (Phi) is 4.41. The maximum Gasteiger partial charge on any atom is 0.128 e. The number of benzene rings is 2. The van der Waals surface area contributed by atoms with Crippen molar-refractivity contribution in [2.24, 2.45) is 4.99 Å². The van der Waals surface area contributed by atoms with Crippen molar-refractivity contribution in [3.63, 3.8) is 0 Å². The van der Waals surface area contributed by atoms with E-state index in [9.17, 15) is 0 Å². The smallest absolute Gasteiger partial charge is 0.128 e. The predicted molar refractivity (Wildman–Crippen MR) is 86.2 cm³/mol. The molecule has 21 heavy (non-hydrogen) atoms. The van der Waals surface area contributed by atoms with Crippen LogP contribution < -0.4 is 10.1 Å². The highest BCUT2D eigenvalue weighted by molar-refractivity contribution is 6.30. The zero-order chi connectivity index (χ0) is 14.5. The van der Waals surface area contributed by atoms with Gasteiger partial charge >= 0.3 is 0 Å². The summed E-state index contributed by atoms with van der Waals surface area (Å²) in [6, 6.07) is 15.7. The molecule has 4 heteroatoms. The second kappa shape index (κ2) is 6.64. The molecule has 3 rings (SSSR count). The maximum atomic E-state index is 5.96. The number of hydrogen-bond acceptors (Lipinski definition) is 3. The van der Waals surface area contributed by atoms with Gasteiger partial charge < -0.3 is 10.1 Å². The molecule has 0 aromatic heterocycles. The molecule has 0 unspecified atom stereocenters. The summed E-state index contributed by atoms with van der Waals surface area (Å²) in [5.41, 5.74) is 2.16. The second-order valence-corrected chi connectivity index (χ2v) is 5.39. The van der Waals surface area contributed by atoms with Gasteiger partial charge in [0.05, 0.1) is 0 Å². The van der Waals surface area contributed by atoms with E-state index in [4.69, 9.17) is 16.3 Å². The van der Waals surface area contributed by atoms with Crippen molar-refractivity contribution in [3.05, 3.63) is 64.7 Å². The van der Waals surface area contributed by atoms with E-state index in [0.29, 0.717) is 6.61 Å². The Balaban J connectivity index is 1.63. The van der Waals surface area contributed by atoms with Gasteiger partial charge in [-0.25, -0.2) is 0 Å². The van der Waals surface area contributed by atoms with Crippen LogP contribution >= 0.6 is 11.6 Å². The summed E-state index contributed by atoms with van der Waals surface area (Å²) < 4.78 is 5.77. The van der Waals surface area contributed by atoms with E-state index in [1.165, 1.54) is 0 Å². The fourth-order valence-electron chi connectivity index (χ4n) is 2.23. The molecule has 2 aromatic carbocycles. The maximum absolute atomic E-state index is 5.96. The molecule has 0 bridgehead atoms. The third kappa shape index (κ3) is 3.76. The summed E-state index contributed by atoms with van der Waals surface area (Å²) >= 11 is 5.96. The number of ether oxygens (including phenoxy) is 1. The number of nitrogens with zero attached hydrogens (tertiary/aromatic N) is 1. The minimum atomic E-state index is 0.513. The van der Waals surface area contributed by atoms with Gasteiger partial charge in [-0.1, -0.05) is 23.7 Å². The fourth-order valence-corrected chi connectivity index (χ4v) is 2.44. The Labute approximate surface area is 129 Å². The Hall–Kier alpha value is -2.00. The molecule has 0 atom stereocenters. The number of aliphatic imine (C=N–C) groups is 1. The Morgan fingerprint density at radius 3 is 2.71 bits per heavy atom. The molecule has 3 nitrogen and oxygen atoms in total. The quantitative estimate of drug-likeness (QED) is 0.935. The molecule has 1 aliphatic heterocycles. The van der Waals surface area contributed by atoms with E-state index in [2.05, 4.69) is 10.3 Å². The monoisotopic (exact) mass is 300 g/mol. The zero-order valence-corrected chi connectivity index (χ0v) is 12.4. The van der Waals surface area contributed by atoms with E-state index < -0.39 is 0 Å². The van der Waals surface area contributed by atoms with Crippen molar-refractivity contribution in [3.8, 4) is 5.75 Å². The van der Waals surface area contributed by atoms with Gasteiger partial charge in [0.1, 0.15) is 18.2 Å². The predicted octanol–water partition coefficient (Wildman–Crippen LogP) is 3.66. The summed E-state index contributed by atoms with van der Waals surface area (Å²) in [6.07, 6.45) is 1.10. The molecule has 1 N–H and O–H groups in total. The van der Waals surface area contributed by atoms with Gasteiger partial charge in [0.2, 0.25) is 0 Å². The molecule has 0 radical (unpaired) electrons. The highest BCUT2D eigenvalue weighted by atomic mass is 35.5. The van der Waals surface area contributed by atoms with E-state index in [0.717, 1.165) is 47.2 Å². The summed E-state index contributed by atoms with van der Waals surface area (Å²) in [4.78, 5) is 4.48. The van der Waals surface area contributed by atoms with E-state index in [-0.39, 0.29) is 0 Å². The largest absolute Gasteiger partial charge is 0.489 e. The summed E-state index contributed by atoms with van der Waals surface area (Å²) in [5.74, 6) is 1.82. The first-order valence-corrected chi connectivity index (χ1v) is 7.45. The van der Waals surface area contributed by atoms with Crippen LogP contribution in [0.15, 0.2) is 53.5 Å². The van der Waals surface area contributed by atoms with Gasteiger partial charge in [-0.3, -0.25) is 4.99 Å². The number of halogens is 1. The highest BCUT2D eigenvalue weighted by Gasteiger charge is 2.06. The van der Waals surface area contributed by atoms with Crippen molar-refractivity contribution in [2.75, 3.05) is 13.1 Å². The molecule has 1 heterocycles. The Morgan fingerprint density at radius 1 is 1.14 bits per heavy atom. The van der Waals surface area contributed by atoms with Crippen molar-refractivity contribution in [1.29, 1.82) is 0 Å². The van der Waals surface area contributed by atoms with Crippen LogP contribution in [0, 0.1) is 0 Å². The molecular formula is C17H17ClN2O. The number of hydrogen-bond donors (Lipinski definition) is 1. The SMILES string of the molecule is Clc1cccc(COc2ccc(C3=NCCCN3)cc2)c1. The Morgan fingerprint density at radius 2 is 2.00 bits per heavy atom. The second-order valence-electron chi connectivity index (χ2n) is 4.95. The molecule has 0 fully saturated rings. The lowest BCUT2D eigenvalue weighted by Gasteiger charge is -2.15. The first kappa shape index (κ1) is 14.0. The number of amidine groups is 1. The van der Waals surface area contributed by atoms with Crippen LogP contribution in [0.2, 0.25) is 5.02 Å². The standard InChI is InChI=1S/C17H17ClN2O/c18-15-4-1-3-13(11-15)12-21-16-7-5-14(6-8-16)17-19-9-2-10-20-17/h1,3-8,11H,2,9-10,12H2,(H,19,20). The minimum absolute atomic E-state index is 0.513. The third-order valence-electron chi connectivity index (χ3n) is 3.32. The summed E-state index contributed by atoms with van der Waals surface area (Å²) in [6.45, 7) is 2.40. The average molecular weight is 301 g/mol. The van der Waals surface area contributed by atoms with E-state index in [1.54, 1.807) is 0 Å². The topological polar surface area (TPSA) is 33.6 Å². The van der Waals surface area contributed by atoms with Crippen LogP contribution in [0.1, 0.15) is 17.5 Å². The van der Waals surface area contributed by atoms with Crippen LogP contribution in [0.4, 0.5) is 0 Å². The molecule has 2 aromatic rings. The number of nitrogens with one attached hydrogen (secondary N) is 1. The zero-order valence-electron chi connectivity index (χ0n) is 11.7. The van der Waals surface area contributed by atoms with Crippen LogP contribution in [0.25, 0.3) is 0 Å². The van der Waals surface area contributed by atoms with Gasteiger partial charge in [0, 0.05) is 23.7 Å². The van der Waals surface area contributed by atoms with Gasteiger partial charge in [0.15, 0.2) is 0 Å². The Bertz CT molecular complexity index is 637. The van der Waals surface area contributed by atoms with Gasteiger partial charge in [-0.15, -0.1) is 0 Å². The minimum Gasteiger partial charge on any atom is -0.489 e. The average Bonchev–Trinajstić information content (AvgIpc) is 2.54. The molecule has 108 valence electrons. The van der Waals surface area contributed by atoms with Crippen LogP contribution in [0.3, 0.4) is 0 Å². The lowest BCUT2D eigenvalue weighted by molar-refractivity contribution is 0.306. The first-order chi connectivity index (χ1) is 10.3. The molecule has 0 saturated carbocycles. The first-order valence-electron chi connectivity index (χ1n) is 7.07. The van der Waals surface area contributed by atoms with Crippen LogP contribution in [-0.2, 0) is 6.61 Å². The highest BCUT2D eigenvalue weighted by Crippen LogP contribution is 2.16. The lowest BCUT2D eigenvalue weighted by atomic mass is 10.1. The molecule has 0 saturated heterocycles. The molecular weight excluding hydrogens is 284 g/mol. The van der Waals surface area contributed by atoms with Gasteiger partial charge in [0.25, 0.3) is 0 Å². The van der Waals surface area contributed by atoms with Gasteiger partial charge in [-0.2, -0.15) is 0 Å². The summed E-state index contributed by atoms with van der Waals surface area (Å²) in [5, 5.41) is 4.04. The lowest BCUT2D eigenvalue weighted by Crippen LogP contribution is -2.30.